The fourth-order valence-electron chi connectivity index (χ4n) is 1.19. The molecule has 0 amide bonds. The van der Waals surface area contributed by atoms with Gasteiger partial charge in [-0.3, -0.25) is 9.55 Å². The van der Waals surface area contributed by atoms with Gasteiger partial charge in [0.1, 0.15) is 0 Å². The van der Waals surface area contributed by atoms with Crippen molar-refractivity contribution in [3.8, 4) is 0 Å². The molecular formula is C10H20N2O3S2. The Bertz CT molecular complexity index is 392. The second-order valence-electron chi connectivity index (χ2n) is 3.79. The van der Waals surface area contributed by atoms with Gasteiger partial charge in [0.15, 0.2) is 0 Å². The molecule has 0 aromatic carbocycles. The van der Waals surface area contributed by atoms with Crippen LogP contribution in [0.25, 0.3) is 0 Å². The van der Waals surface area contributed by atoms with E-state index in [1.807, 2.05) is 13.8 Å². The van der Waals surface area contributed by atoms with Gasteiger partial charge in [-0.1, -0.05) is 19.9 Å². The van der Waals surface area contributed by atoms with Gasteiger partial charge in [-0.15, -0.1) is 18.3 Å². The average Bonchev–Trinajstić information content (AvgIpc) is 2.22. The highest BCUT2D eigenvalue weighted by molar-refractivity contribution is 8.14. The molecule has 17 heavy (non-hydrogen) atoms. The fraction of sp³-hybridized carbons (Fsp3) is 0.700. The summed E-state index contributed by atoms with van der Waals surface area (Å²) >= 11 is 1.46. The van der Waals surface area contributed by atoms with Crippen LogP contribution in [0.2, 0.25) is 0 Å². The highest BCUT2D eigenvalue weighted by Gasteiger charge is 2.32. The topological polar surface area (TPSA) is 78.8 Å². The summed E-state index contributed by atoms with van der Waals surface area (Å²) in [4.78, 5) is 4.10. The minimum atomic E-state index is -4.26. The normalized spacial score (nSPS) is 18.5. The zero-order valence-electron chi connectivity index (χ0n) is 10.6. The SMILES string of the molecule is C=CC(C)(NS(=O)(=O)O)[C@H](C)S/C(CC)=N\C. The van der Waals surface area contributed by atoms with Gasteiger partial charge in [0.05, 0.1) is 10.6 Å². The first-order valence-electron chi connectivity index (χ1n) is 5.20. The van der Waals surface area contributed by atoms with E-state index >= 15 is 0 Å². The Hall–Kier alpha value is -0.370. The van der Waals surface area contributed by atoms with E-state index in [0.29, 0.717) is 0 Å². The van der Waals surface area contributed by atoms with Crippen LogP contribution in [0.1, 0.15) is 27.2 Å². The lowest BCUT2D eigenvalue weighted by Crippen LogP contribution is -2.50. The molecule has 0 heterocycles. The summed E-state index contributed by atoms with van der Waals surface area (Å²) in [5.41, 5.74) is -0.927. The number of nitrogens with zero attached hydrogens (tertiary/aromatic N) is 1. The predicted molar refractivity (Wildman–Crippen MR) is 74.0 cm³/mol. The van der Waals surface area contributed by atoms with E-state index in [0.717, 1.165) is 11.5 Å². The van der Waals surface area contributed by atoms with E-state index in [-0.39, 0.29) is 5.25 Å². The molecule has 0 aromatic heterocycles. The third kappa shape index (κ3) is 5.67. The Labute approximate surface area is 108 Å². The standard InChI is InChI=1S/C10H20N2O3S2/c1-6-9(11-5)16-8(3)10(4,7-2)12-17(13,14)15/h7-8,12H,2,6H2,1,3-5H3,(H,13,14,15)/b11-9-/t8-,10?/m0/s1. The van der Waals surface area contributed by atoms with Crippen LogP contribution >= 0.6 is 11.8 Å². The van der Waals surface area contributed by atoms with Gasteiger partial charge in [-0.05, 0) is 13.3 Å². The number of nitrogens with one attached hydrogen (secondary N) is 1. The predicted octanol–water partition coefficient (Wildman–Crippen LogP) is 1.88. The van der Waals surface area contributed by atoms with E-state index in [1.165, 1.54) is 17.8 Å². The third-order valence-corrected chi connectivity index (χ3v) is 4.77. The second-order valence-corrected chi connectivity index (χ2v) is 6.36. The molecule has 0 fully saturated rings. The quantitative estimate of drug-likeness (QED) is 0.337. The van der Waals surface area contributed by atoms with Crippen molar-refractivity contribution in [1.82, 2.24) is 4.72 Å². The zero-order chi connectivity index (χ0) is 13.7. The molecule has 0 saturated heterocycles. The maximum absolute atomic E-state index is 10.9. The Morgan fingerprint density at radius 1 is 1.71 bits per heavy atom. The molecule has 0 radical (unpaired) electrons. The molecule has 2 N–H and O–H groups in total. The maximum atomic E-state index is 10.9. The van der Waals surface area contributed by atoms with Crippen LogP contribution < -0.4 is 4.72 Å². The van der Waals surface area contributed by atoms with Gasteiger partial charge in [0.2, 0.25) is 0 Å². The number of thioether (sulfide) groups is 1. The average molecular weight is 280 g/mol. The van der Waals surface area contributed by atoms with Crippen molar-refractivity contribution in [1.29, 1.82) is 0 Å². The van der Waals surface area contributed by atoms with Gasteiger partial charge in [0, 0.05) is 12.3 Å². The van der Waals surface area contributed by atoms with Crippen LogP contribution in [0.3, 0.4) is 0 Å². The molecule has 0 bridgehead atoms. The van der Waals surface area contributed by atoms with Crippen LogP contribution in [0.5, 0.6) is 0 Å². The molecule has 0 rings (SSSR count). The highest BCUT2D eigenvalue weighted by atomic mass is 32.2. The van der Waals surface area contributed by atoms with E-state index in [1.54, 1.807) is 14.0 Å². The Kier molecular flexibility index (Phi) is 6.39. The van der Waals surface area contributed by atoms with Crippen LogP contribution in [-0.2, 0) is 10.3 Å². The molecule has 0 aromatic rings. The van der Waals surface area contributed by atoms with E-state index < -0.39 is 15.8 Å². The molecular weight excluding hydrogens is 260 g/mol. The molecule has 0 aliphatic rings. The number of aliphatic imine (C=N–C) groups is 1. The van der Waals surface area contributed by atoms with Gasteiger partial charge in [0.25, 0.3) is 0 Å². The van der Waals surface area contributed by atoms with Gasteiger partial charge >= 0.3 is 10.3 Å². The van der Waals surface area contributed by atoms with Crippen LogP contribution in [0.4, 0.5) is 0 Å². The van der Waals surface area contributed by atoms with Crippen LogP contribution in [0, 0.1) is 0 Å². The first kappa shape index (κ1) is 16.6. The number of hydrogen-bond donors (Lipinski definition) is 2. The fourth-order valence-corrected chi connectivity index (χ4v) is 3.16. The molecule has 0 aliphatic heterocycles. The zero-order valence-corrected chi connectivity index (χ0v) is 12.2. The van der Waals surface area contributed by atoms with Gasteiger partial charge < -0.3 is 0 Å². The highest BCUT2D eigenvalue weighted by Crippen LogP contribution is 2.27. The first-order chi connectivity index (χ1) is 7.68. The van der Waals surface area contributed by atoms with Crippen molar-refractivity contribution >= 4 is 27.1 Å². The van der Waals surface area contributed by atoms with Gasteiger partial charge in [-0.2, -0.15) is 13.1 Å². The van der Waals surface area contributed by atoms with Crippen molar-refractivity contribution < 1.29 is 13.0 Å². The molecule has 2 atom stereocenters. The lowest BCUT2D eigenvalue weighted by atomic mass is 10.0. The number of rotatable bonds is 6. The van der Waals surface area contributed by atoms with Crippen LogP contribution in [-0.4, -0.2) is 35.9 Å². The van der Waals surface area contributed by atoms with Crippen molar-refractivity contribution in [2.24, 2.45) is 4.99 Å². The first-order valence-corrected chi connectivity index (χ1v) is 7.52. The summed E-state index contributed by atoms with van der Waals surface area (Å²) in [6.45, 7) is 9.10. The largest absolute Gasteiger partial charge is 0.334 e. The van der Waals surface area contributed by atoms with Gasteiger partial charge in [-0.25, -0.2) is 0 Å². The maximum Gasteiger partial charge on any atom is 0.334 e. The number of hydrogen-bond acceptors (Lipinski definition) is 4. The summed E-state index contributed by atoms with van der Waals surface area (Å²) in [6.07, 6.45) is 2.26. The second kappa shape index (κ2) is 6.53. The lowest BCUT2D eigenvalue weighted by molar-refractivity contribution is 0.427. The van der Waals surface area contributed by atoms with Crippen molar-refractivity contribution in [3.63, 3.8) is 0 Å². The molecule has 100 valence electrons. The Balaban J connectivity index is 4.93. The molecule has 0 aliphatic carbocycles. The summed E-state index contributed by atoms with van der Waals surface area (Å²) in [5, 5.41) is 0.781. The summed E-state index contributed by atoms with van der Waals surface area (Å²) in [7, 11) is -2.57. The lowest BCUT2D eigenvalue weighted by Gasteiger charge is -2.31. The Morgan fingerprint density at radius 2 is 2.24 bits per heavy atom. The minimum absolute atomic E-state index is 0.138. The Morgan fingerprint density at radius 3 is 2.53 bits per heavy atom. The summed E-state index contributed by atoms with van der Waals surface area (Å²) in [5.74, 6) is 0. The van der Waals surface area contributed by atoms with E-state index in [4.69, 9.17) is 4.55 Å². The molecule has 5 nitrogen and oxygen atoms in total. The summed E-state index contributed by atoms with van der Waals surface area (Å²) < 4.78 is 32.8. The van der Waals surface area contributed by atoms with Crippen LogP contribution in [0.15, 0.2) is 17.6 Å². The monoisotopic (exact) mass is 280 g/mol. The van der Waals surface area contributed by atoms with E-state index in [9.17, 15) is 8.42 Å². The summed E-state index contributed by atoms with van der Waals surface area (Å²) in [6, 6.07) is 0. The van der Waals surface area contributed by atoms with Crippen molar-refractivity contribution in [2.75, 3.05) is 7.05 Å². The molecule has 0 spiro atoms. The molecule has 0 saturated carbocycles. The third-order valence-electron chi connectivity index (χ3n) is 2.48. The van der Waals surface area contributed by atoms with Crippen molar-refractivity contribution in [3.05, 3.63) is 12.7 Å². The molecule has 7 heteroatoms. The smallest absolute Gasteiger partial charge is 0.286 e. The minimum Gasteiger partial charge on any atom is -0.286 e. The molecule has 1 unspecified atom stereocenters. The van der Waals surface area contributed by atoms with Crippen molar-refractivity contribution in [2.45, 2.75) is 38.0 Å². The van der Waals surface area contributed by atoms with E-state index in [2.05, 4.69) is 16.3 Å².